The highest BCUT2D eigenvalue weighted by atomic mass is 16.5. The van der Waals surface area contributed by atoms with Crippen molar-refractivity contribution in [2.45, 2.75) is 104 Å². The molecule has 0 aliphatic heterocycles. The fraction of sp³-hybridized carbons (Fsp3) is 0.500. The predicted molar refractivity (Wildman–Crippen MR) is 151 cm³/mol. The maximum absolute atomic E-state index is 13.4. The largest absolute Gasteiger partial charge is 0.490 e. The Balaban J connectivity index is 1.69. The second-order valence-electron chi connectivity index (χ2n) is 10.0. The first-order valence-corrected chi connectivity index (χ1v) is 14.1. The molecule has 1 heterocycles. The molecule has 0 amide bonds. The summed E-state index contributed by atoms with van der Waals surface area (Å²) in [6.45, 7) is 5.03. The number of nitrogens with zero attached hydrogens (tertiary/aromatic N) is 1. The summed E-state index contributed by atoms with van der Waals surface area (Å²) in [6.07, 6.45) is 14.8. The molecule has 3 rings (SSSR count). The third-order valence-corrected chi connectivity index (χ3v) is 7.00. The summed E-state index contributed by atoms with van der Waals surface area (Å²) in [5.74, 6) is -0.0155. The van der Waals surface area contributed by atoms with Crippen molar-refractivity contribution in [1.29, 1.82) is 0 Å². The molecule has 5 nitrogen and oxygen atoms in total. The highest BCUT2D eigenvalue weighted by Gasteiger charge is 2.17. The predicted octanol–water partition coefficient (Wildman–Crippen LogP) is 8.43. The van der Waals surface area contributed by atoms with Gasteiger partial charge in [0.25, 0.3) is 0 Å². The fourth-order valence-corrected chi connectivity index (χ4v) is 4.91. The molecule has 0 aliphatic carbocycles. The standard InChI is InChI=1S/C32H43NO4/c1-3-5-7-9-14-26(15-10-8-6-4-2)37-27-21-19-25(20-22-27)32(36)29-24-33(23-13-18-31(34)35)30-17-12-11-16-28(29)30/h11-12,16-17,19-22,24,26H,3-10,13-15,18,23H2,1-2H3,(H,34,35). The minimum atomic E-state index is -0.806. The molecule has 5 heteroatoms. The first-order valence-electron chi connectivity index (χ1n) is 14.1. The van der Waals surface area contributed by atoms with Crippen LogP contribution >= 0.6 is 0 Å². The third-order valence-electron chi connectivity index (χ3n) is 7.00. The summed E-state index contributed by atoms with van der Waals surface area (Å²) >= 11 is 0. The van der Waals surface area contributed by atoms with E-state index in [1.807, 2.05) is 59.3 Å². The van der Waals surface area contributed by atoms with Gasteiger partial charge in [-0.3, -0.25) is 9.59 Å². The van der Waals surface area contributed by atoms with Crippen molar-refractivity contribution in [3.8, 4) is 5.75 Å². The third kappa shape index (κ3) is 8.77. The second kappa shape index (κ2) is 15.2. The number of ketones is 1. The molecule has 1 N–H and O–H groups in total. The zero-order valence-corrected chi connectivity index (χ0v) is 22.6. The van der Waals surface area contributed by atoms with E-state index < -0.39 is 5.97 Å². The van der Waals surface area contributed by atoms with Crippen molar-refractivity contribution in [1.82, 2.24) is 4.57 Å². The summed E-state index contributed by atoms with van der Waals surface area (Å²) in [6, 6.07) is 15.4. The van der Waals surface area contributed by atoms with Crippen molar-refractivity contribution >= 4 is 22.7 Å². The van der Waals surface area contributed by atoms with E-state index in [0.29, 0.717) is 24.1 Å². The minimum absolute atomic E-state index is 0.0320. The molecule has 1 aromatic heterocycles. The van der Waals surface area contributed by atoms with Gasteiger partial charge in [-0.05, 0) is 62.4 Å². The molecule has 2 aromatic carbocycles. The number of ether oxygens (including phenoxy) is 1. The first-order chi connectivity index (χ1) is 18.0. The molecule has 200 valence electrons. The Labute approximate surface area is 221 Å². The molecule has 0 fully saturated rings. The molecule has 0 bridgehead atoms. The Bertz CT molecular complexity index is 1100. The lowest BCUT2D eigenvalue weighted by Gasteiger charge is -2.19. The van der Waals surface area contributed by atoms with Gasteiger partial charge in [-0.2, -0.15) is 0 Å². The number of carboxylic acids is 1. The van der Waals surface area contributed by atoms with E-state index in [-0.39, 0.29) is 18.3 Å². The van der Waals surface area contributed by atoms with Gasteiger partial charge in [0, 0.05) is 41.2 Å². The van der Waals surface area contributed by atoms with E-state index in [1.54, 1.807) is 0 Å². The van der Waals surface area contributed by atoms with E-state index in [1.165, 1.54) is 51.4 Å². The molecule has 0 saturated carbocycles. The number of carboxylic acid groups (broad SMARTS) is 1. The average Bonchev–Trinajstić information content (AvgIpc) is 3.27. The van der Waals surface area contributed by atoms with Crippen LogP contribution in [0.5, 0.6) is 5.75 Å². The Hall–Kier alpha value is -3.08. The Morgan fingerprint density at radius 1 is 0.838 bits per heavy atom. The average molecular weight is 506 g/mol. The van der Waals surface area contributed by atoms with Crippen LogP contribution in [0.25, 0.3) is 10.9 Å². The molecular weight excluding hydrogens is 462 g/mol. The molecule has 37 heavy (non-hydrogen) atoms. The normalized spacial score (nSPS) is 11.3. The maximum Gasteiger partial charge on any atom is 0.303 e. The number of aromatic nitrogens is 1. The van der Waals surface area contributed by atoms with Crippen LogP contribution < -0.4 is 4.74 Å². The van der Waals surface area contributed by atoms with Crippen molar-refractivity contribution in [3.63, 3.8) is 0 Å². The van der Waals surface area contributed by atoms with Crippen LogP contribution in [0.4, 0.5) is 0 Å². The van der Waals surface area contributed by atoms with Gasteiger partial charge in [0.1, 0.15) is 5.75 Å². The molecule has 0 aliphatic rings. The van der Waals surface area contributed by atoms with Crippen LogP contribution in [0.1, 0.15) is 107 Å². The quantitative estimate of drug-likeness (QED) is 0.139. The van der Waals surface area contributed by atoms with Gasteiger partial charge in [0.05, 0.1) is 6.10 Å². The number of rotatable bonds is 18. The second-order valence-corrected chi connectivity index (χ2v) is 10.0. The highest BCUT2D eigenvalue weighted by Crippen LogP contribution is 2.26. The van der Waals surface area contributed by atoms with E-state index in [9.17, 15) is 9.59 Å². The lowest BCUT2D eigenvalue weighted by Crippen LogP contribution is -2.16. The highest BCUT2D eigenvalue weighted by molar-refractivity contribution is 6.16. The fourth-order valence-electron chi connectivity index (χ4n) is 4.91. The lowest BCUT2D eigenvalue weighted by molar-refractivity contribution is -0.137. The van der Waals surface area contributed by atoms with Gasteiger partial charge < -0.3 is 14.4 Å². The summed E-state index contributed by atoms with van der Waals surface area (Å²) in [4.78, 5) is 24.4. The monoisotopic (exact) mass is 505 g/mol. The first kappa shape index (κ1) is 28.5. The number of benzene rings is 2. The van der Waals surface area contributed by atoms with Crippen LogP contribution in [-0.4, -0.2) is 27.5 Å². The summed E-state index contributed by atoms with van der Waals surface area (Å²) < 4.78 is 8.38. The number of carbonyl (C=O) groups excluding carboxylic acids is 1. The van der Waals surface area contributed by atoms with E-state index in [4.69, 9.17) is 9.84 Å². The van der Waals surface area contributed by atoms with Gasteiger partial charge in [-0.1, -0.05) is 70.6 Å². The van der Waals surface area contributed by atoms with Crippen LogP contribution in [0.2, 0.25) is 0 Å². The minimum Gasteiger partial charge on any atom is -0.490 e. The number of aryl methyl sites for hydroxylation is 1. The van der Waals surface area contributed by atoms with Crippen molar-refractivity contribution in [2.75, 3.05) is 0 Å². The summed E-state index contributed by atoms with van der Waals surface area (Å²) in [5.41, 5.74) is 2.22. The van der Waals surface area contributed by atoms with Crippen molar-refractivity contribution < 1.29 is 19.4 Å². The molecule has 3 aromatic rings. The Morgan fingerprint density at radius 2 is 1.49 bits per heavy atom. The SMILES string of the molecule is CCCCCCC(CCCCCC)Oc1ccc(C(=O)c2cn(CCCC(=O)O)c3ccccc23)cc1. The number of para-hydroxylation sites is 1. The van der Waals surface area contributed by atoms with Gasteiger partial charge in [-0.15, -0.1) is 0 Å². The number of unbranched alkanes of at least 4 members (excludes halogenated alkanes) is 6. The summed E-state index contributed by atoms with van der Waals surface area (Å²) in [7, 11) is 0. The molecule has 0 spiro atoms. The Morgan fingerprint density at radius 3 is 2.11 bits per heavy atom. The van der Waals surface area contributed by atoms with E-state index >= 15 is 0 Å². The number of aliphatic carboxylic acids is 1. The van der Waals surface area contributed by atoms with E-state index in [2.05, 4.69) is 13.8 Å². The smallest absolute Gasteiger partial charge is 0.303 e. The van der Waals surface area contributed by atoms with Crippen molar-refractivity contribution in [3.05, 3.63) is 65.9 Å². The molecule has 0 unspecified atom stereocenters. The van der Waals surface area contributed by atoms with Gasteiger partial charge in [-0.25, -0.2) is 0 Å². The zero-order valence-electron chi connectivity index (χ0n) is 22.6. The molecule has 0 radical (unpaired) electrons. The zero-order chi connectivity index (χ0) is 26.5. The van der Waals surface area contributed by atoms with Gasteiger partial charge in [0.15, 0.2) is 5.78 Å². The van der Waals surface area contributed by atoms with E-state index in [0.717, 1.165) is 29.5 Å². The molecule has 0 saturated heterocycles. The van der Waals surface area contributed by atoms with Crippen LogP contribution in [0.3, 0.4) is 0 Å². The van der Waals surface area contributed by atoms with Crippen LogP contribution in [0.15, 0.2) is 54.7 Å². The van der Waals surface area contributed by atoms with Crippen molar-refractivity contribution in [2.24, 2.45) is 0 Å². The van der Waals surface area contributed by atoms with Crippen LogP contribution in [0, 0.1) is 0 Å². The molecular formula is C32H43NO4. The van der Waals surface area contributed by atoms with Gasteiger partial charge in [0.2, 0.25) is 0 Å². The number of hydrogen-bond acceptors (Lipinski definition) is 3. The summed E-state index contributed by atoms with van der Waals surface area (Å²) in [5, 5.41) is 9.87. The Kier molecular flexibility index (Phi) is 11.7. The number of carbonyl (C=O) groups is 2. The topological polar surface area (TPSA) is 68.5 Å². The van der Waals surface area contributed by atoms with Crippen LogP contribution in [-0.2, 0) is 11.3 Å². The molecule has 0 atom stereocenters. The number of fused-ring (bicyclic) bond motifs is 1. The lowest BCUT2D eigenvalue weighted by atomic mass is 10.0. The van der Waals surface area contributed by atoms with Gasteiger partial charge >= 0.3 is 5.97 Å². The number of hydrogen-bond donors (Lipinski definition) is 1. The maximum atomic E-state index is 13.4.